The SMILES string of the molecule is CC1CN(C(CN=C(N)N2CCCCC2)c2c(F)cccc2Cl)CCO1.I. The topological polar surface area (TPSA) is 54.1 Å². The maximum atomic E-state index is 14.6. The molecule has 2 aliphatic rings. The monoisotopic (exact) mass is 510 g/mol. The maximum absolute atomic E-state index is 14.6. The molecule has 1 aromatic rings. The van der Waals surface area contributed by atoms with Gasteiger partial charge in [-0.05, 0) is 38.3 Å². The number of piperidine rings is 1. The summed E-state index contributed by atoms with van der Waals surface area (Å²) in [4.78, 5) is 8.94. The molecule has 8 heteroatoms. The quantitative estimate of drug-likeness (QED) is 0.382. The summed E-state index contributed by atoms with van der Waals surface area (Å²) < 4.78 is 20.2. The van der Waals surface area contributed by atoms with Gasteiger partial charge in [-0.15, -0.1) is 24.0 Å². The molecule has 2 N–H and O–H groups in total. The number of nitrogens with two attached hydrogens (primary N) is 1. The zero-order chi connectivity index (χ0) is 18.5. The highest BCUT2D eigenvalue weighted by molar-refractivity contribution is 14.0. The third-order valence-electron chi connectivity index (χ3n) is 5.15. The number of halogens is 3. The number of likely N-dealkylation sites (tertiary alicyclic amines) is 1. The van der Waals surface area contributed by atoms with Crippen molar-refractivity contribution in [2.24, 2.45) is 10.7 Å². The number of rotatable bonds is 4. The number of nitrogens with zero attached hydrogens (tertiary/aromatic N) is 3. The van der Waals surface area contributed by atoms with Crippen molar-refractivity contribution in [3.8, 4) is 0 Å². The molecule has 0 radical (unpaired) electrons. The Hall–Kier alpha value is -0.640. The molecule has 2 fully saturated rings. The molecule has 0 saturated carbocycles. The fourth-order valence-corrected chi connectivity index (χ4v) is 4.04. The van der Waals surface area contributed by atoms with E-state index in [1.807, 2.05) is 6.92 Å². The lowest BCUT2D eigenvalue weighted by Gasteiger charge is -2.37. The maximum Gasteiger partial charge on any atom is 0.191 e. The number of aliphatic imine (C=N–C) groups is 1. The van der Waals surface area contributed by atoms with Crippen LogP contribution in [0.25, 0.3) is 0 Å². The lowest BCUT2D eigenvalue weighted by atomic mass is 10.0. The zero-order valence-corrected chi connectivity index (χ0v) is 18.8. The third kappa shape index (κ3) is 5.92. The molecule has 2 heterocycles. The van der Waals surface area contributed by atoms with Crippen molar-refractivity contribution < 1.29 is 9.13 Å². The van der Waals surface area contributed by atoms with Crippen molar-refractivity contribution in [1.29, 1.82) is 0 Å². The minimum Gasteiger partial charge on any atom is -0.376 e. The fraction of sp³-hybridized carbons (Fsp3) is 0.632. The number of guanidine groups is 1. The van der Waals surface area contributed by atoms with E-state index in [1.165, 1.54) is 12.5 Å². The molecule has 2 aliphatic heterocycles. The molecular weight excluding hydrogens is 482 g/mol. The molecule has 2 unspecified atom stereocenters. The van der Waals surface area contributed by atoms with Crippen LogP contribution >= 0.6 is 35.6 Å². The Balaban J connectivity index is 0.00000261. The van der Waals surface area contributed by atoms with E-state index >= 15 is 0 Å². The van der Waals surface area contributed by atoms with E-state index in [0.717, 1.165) is 32.5 Å². The first-order valence-corrected chi connectivity index (χ1v) is 9.78. The summed E-state index contributed by atoms with van der Waals surface area (Å²) in [6.45, 7) is 6.35. The highest BCUT2D eigenvalue weighted by atomic mass is 127. The number of hydrogen-bond acceptors (Lipinski definition) is 3. The normalized spacial score (nSPS) is 23.0. The van der Waals surface area contributed by atoms with E-state index in [-0.39, 0.29) is 41.9 Å². The summed E-state index contributed by atoms with van der Waals surface area (Å²) >= 11 is 6.36. The van der Waals surface area contributed by atoms with Gasteiger partial charge >= 0.3 is 0 Å². The van der Waals surface area contributed by atoms with Crippen molar-refractivity contribution in [2.75, 3.05) is 39.3 Å². The van der Waals surface area contributed by atoms with Crippen LogP contribution in [0.15, 0.2) is 23.2 Å². The van der Waals surface area contributed by atoms with E-state index in [2.05, 4.69) is 14.8 Å². The van der Waals surface area contributed by atoms with Crippen LogP contribution in [0, 0.1) is 5.82 Å². The van der Waals surface area contributed by atoms with Crippen LogP contribution in [-0.4, -0.2) is 61.2 Å². The Morgan fingerprint density at radius 2 is 2.07 bits per heavy atom. The van der Waals surface area contributed by atoms with Crippen LogP contribution in [0.4, 0.5) is 4.39 Å². The Bertz CT molecular complexity index is 622. The first kappa shape index (κ1) is 22.6. The van der Waals surface area contributed by atoms with Gasteiger partial charge in [0.15, 0.2) is 5.96 Å². The van der Waals surface area contributed by atoms with Crippen LogP contribution in [0.1, 0.15) is 37.8 Å². The van der Waals surface area contributed by atoms with Gasteiger partial charge in [0.1, 0.15) is 5.82 Å². The summed E-state index contributed by atoms with van der Waals surface area (Å²) in [5.41, 5.74) is 6.71. The molecule has 0 amide bonds. The second-order valence-electron chi connectivity index (χ2n) is 7.07. The van der Waals surface area contributed by atoms with E-state index in [1.54, 1.807) is 12.1 Å². The van der Waals surface area contributed by atoms with Gasteiger partial charge in [-0.3, -0.25) is 9.89 Å². The molecule has 2 atom stereocenters. The molecule has 2 saturated heterocycles. The summed E-state index contributed by atoms with van der Waals surface area (Å²) in [5, 5.41) is 0.431. The van der Waals surface area contributed by atoms with Gasteiger partial charge in [-0.25, -0.2) is 4.39 Å². The average Bonchev–Trinajstić information content (AvgIpc) is 2.64. The van der Waals surface area contributed by atoms with E-state index in [4.69, 9.17) is 22.1 Å². The molecule has 5 nitrogen and oxygen atoms in total. The first-order valence-electron chi connectivity index (χ1n) is 9.40. The van der Waals surface area contributed by atoms with E-state index < -0.39 is 0 Å². The summed E-state index contributed by atoms with van der Waals surface area (Å²) in [7, 11) is 0. The molecule has 0 aliphatic carbocycles. The van der Waals surface area contributed by atoms with Crippen molar-refractivity contribution in [3.63, 3.8) is 0 Å². The Morgan fingerprint density at radius 1 is 1.33 bits per heavy atom. The first-order chi connectivity index (χ1) is 12.6. The molecule has 27 heavy (non-hydrogen) atoms. The van der Waals surface area contributed by atoms with Gasteiger partial charge in [0.05, 0.1) is 25.3 Å². The van der Waals surface area contributed by atoms with E-state index in [9.17, 15) is 4.39 Å². The van der Waals surface area contributed by atoms with Gasteiger partial charge in [0, 0.05) is 36.8 Å². The summed E-state index contributed by atoms with van der Waals surface area (Å²) in [6.07, 6.45) is 3.61. The van der Waals surface area contributed by atoms with E-state index in [0.29, 0.717) is 36.2 Å². The molecule has 3 rings (SSSR count). The molecule has 1 aromatic carbocycles. The van der Waals surface area contributed by atoms with Crippen LogP contribution in [-0.2, 0) is 4.74 Å². The van der Waals surface area contributed by atoms with Gasteiger partial charge in [-0.1, -0.05) is 17.7 Å². The zero-order valence-electron chi connectivity index (χ0n) is 15.7. The number of ether oxygens (including phenoxy) is 1. The number of morpholine rings is 1. The highest BCUT2D eigenvalue weighted by Crippen LogP contribution is 2.31. The molecule has 0 spiro atoms. The minimum absolute atomic E-state index is 0. The van der Waals surface area contributed by atoms with Crippen molar-refractivity contribution >= 4 is 41.5 Å². The van der Waals surface area contributed by atoms with Crippen LogP contribution in [0.5, 0.6) is 0 Å². The lowest BCUT2D eigenvalue weighted by molar-refractivity contribution is -0.0337. The van der Waals surface area contributed by atoms with Crippen molar-refractivity contribution in [1.82, 2.24) is 9.80 Å². The lowest BCUT2D eigenvalue weighted by Crippen LogP contribution is -2.45. The molecule has 0 bridgehead atoms. The van der Waals surface area contributed by atoms with Crippen LogP contribution < -0.4 is 5.73 Å². The minimum atomic E-state index is -0.298. The van der Waals surface area contributed by atoms with Crippen LogP contribution in [0.3, 0.4) is 0 Å². The van der Waals surface area contributed by atoms with Gasteiger partial charge in [-0.2, -0.15) is 0 Å². The number of hydrogen-bond donors (Lipinski definition) is 1. The largest absolute Gasteiger partial charge is 0.376 e. The Labute approximate surface area is 183 Å². The molecule has 0 aromatic heterocycles. The fourth-order valence-electron chi connectivity index (χ4n) is 3.75. The standard InChI is InChI=1S/C19H28ClFN4O.HI/c1-14-13-25(10-11-26-14)17(18-15(20)6-5-7-16(18)21)12-23-19(22)24-8-3-2-4-9-24;/h5-7,14,17H,2-4,8-13H2,1H3,(H2,22,23);1H. The second kappa shape index (κ2) is 10.8. The van der Waals surface area contributed by atoms with Gasteiger partial charge in [0.25, 0.3) is 0 Å². The average molecular weight is 511 g/mol. The second-order valence-corrected chi connectivity index (χ2v) is 7.48. The van der Waals surface area contributed by atoms with Gasteiger partial charge < -0.3 is 15.4 Å². The summed E-state index contributed by atoms with van der Waals surface area (Å²) in [5.74, 6) is 0.247. The Kier molecular flexibility index (Phi) is 9.04. The Morgan fingerprint density at radius 3 is 2.74 bits per heavy atom. The van der Waals surface area contributed by atoms with Crippen LogP contribution in [0.2, 0.25) is 5.02 Å². The van der Waals surface area contributed by atoms with Gasteiger partial charge in [0.2, 0.25) is 0 Å². The predicted molar refractivity (Wildman–Crippen MR) is 118 cm³/mol. The smallest absolute Gasteiger partial charge is 0.191 e. The summed E-state index contributed by atoms with van der Waals surface area (Å²) in [6, 6.07) is 4.56. The number of benzene rings is 1. The van der Waals surface area contributed by atoms with Crippen molar-refractivity contribution in [3.05, 3.63) is 34.6 Å². The molecular formula is C19H29ClFIN4O. The molecule has 152 valence electrons. The highest BCUT2D eigenvalue weighted by Gasteiger charge is 2.29. The van der Waals surface area contributed by atoms with Crippen molar-refractivity contribution in [2.45, 2.75) is 38.3 Å². The third-order valence-corrected chi connectivity index (χ3v) is 5.48. The predicted octanol–water partition coefficient (Wildman–Crippen LogP) is 3.66.